The maximum absolute atomic E-state index is 15.4. The highest BCUT2D eigenvalue weighted by Gasteiger charge is 2.31. The second-order valence-electron chi connectivity index (χ2n) is 9.87. The highest BCUT2D eigenvalue weighted by atomic mass is 79.9. The maximum atomic E-state index is 15.4. The van der Waals surface area contributed by atoms with Gasteiger partial charge in [0.25, 0.3) is 0 Å². The van der Waals surface area contributed by atoms with Gasteiger partial charge in [-0.15, -0.1) is 0 Å². The molecule has 1 fully saturated rings. The van der Waals surface area contributed by atoms with E-state index in [1.165, 1.54) is 0 Å². The number of anilines is 1. The van der Waals surface area contributed by atoms with Crippen molar-refractivity contribution in [2.45, 2.75) is 45.4 Å². The maximum Gasteiger partial charge on any atom is 0.410 e. The minimum atomic E-state index is -0.574. The first-order chi connectivity index (χ1) is 17.1. The average molecular weight is 564 g/mol. The monoisotopic (exact) mass is 563 g/mol. The van der Waals surface area contributed by atoms with Crippen molar-refractivity contribution in [2.24, 2.45) is 0 Å². The first-order valence-corrected chi connectivity index (χ1v) is 12.7. The Bertz CT molecular complexity index is 1100. The topological polar surface area (TPSA) is 80.3 Å². The quantitative estimate of drug-likeness (QED) is 0.571. The Balaban J connectivity index is 1.35. The van der Waals surface area contributed by atoms with Crippen LogP contribution in [0.5, 0.6) is 5.75 Å². The summed E-state index contributed by atoms with van der Waals surface area (Å²) < 4.78 is 32.3. The van der Waals surface area contributed by atoms with Crippen LogP contribution in [0.3, 0.4) is 0 Å². The fourth-order valence-corrected chi connectivity index (χ4v) is 4.76. The van der Waals surface area contributed by atoms with Crippen molar-refractivity contribution in [3.63, 3.8) is 0 Å². The lowest BCUT2D eigenvalue weighted by molar-refractivity contribution is 0.0240. The van der Waals surface area contributed by atoms with Gasteiger partial charge in [0.1, 0.15) is 30.4 Å². The SMILES string of the molecule is CC(C)(C)OC(=O)N1CCN(c2cc3c(c(F)c2Br)C[C@@H](NC(=O)OCc2ccccc2)CO3)CC1. The Morgan fingerprint density at radius 1 is 1.17 bits per heavy atom. The van der Waals surface area contributed by atoms with E-state index in [4.69, 9.17) is 14.2 Å². The summed E-state index contributed by atoms with van der Waals surface area (Å²) >= 11 is 3.41. The van der Waals surface area contributed by atoms with Crippen molar-refractivity contribution in [1.29, 1.82) is 0 Å². The molecule has 2 aliphatic rings. The van der Waals surface area contributed by atoms with E-state index in [1.807, 2.05) is 62.1 Å². The van der Waals surface area contributed by atoms with Gasteiger partial charge in [-0.1, -0.05) is 30.3 Å². The molecule has 2 aliphatic heterocycles. The second kappa shape index (κ2) is 10.9. The lowest BCUT2D eigenvalue weighted by atomic mass is 10.0. The van der Waals surface area contributed by atoms with Crippen LogP contribution in [0.1, 0.15) is 31.9 Å². The fourth-order valence-electron chi connectivity index (χ4n) is 4.15. The van der Waals surface area contributed by atoms with Crippen LogP contribution in [0.4, 0.5) is 19.7 Å². The lowest BCUT2D eigenvalue weighted by Crippen LogP contribution is -2.50. The van der Waals surface area contributed by atoms with Crippen molar-refractivity contribution in [2.75, 3.05) is 37.7 Å². The number of halogens is 2. The molecule has 0 aliphatic carbocycles. The van der Waals surface area contributed by atoms with Gasteiger partial charge < -0.3 is 29.3 Å². The van der Waals surface area contributed by atoms with Crippen LogP contribution < -0.4 is 15.0 Å². The average Bonchev–Trinajstić information content (AvgIpc) is 2.85. The van der Waals surface area contributed by atoms with Crippen LogP contribution in [0, 0.1) is 5.82 Å². The largest absolute Gasteiger partial charge is 0.491 e. The number of nitrogens with zero attached hydrogens (tertiary/aromatic N) is 2. The van der Waals surface area contributed by atoms with Gasteiger partial charge in [-0.25, -0.2) is 14.0 Å². The molecule has 0 radical (unpaired) electrons. The van der Waals surface area contributed by atoms with Crippen LogP contribution >= 0.6 is 15.9 Å². The summed E-state index contributed by atoms with van der Waals surface area (Å²) in [5.41, 5.74) is 1.40. The smallest absolute Gasteiger partial charge is 0.410 e. The van der Waals surface area contributed by atoms with Crippen molar-refractivity contribution >= 4 is 33.8 Å². The molecular weight excluding hydrogens is 533 g/mol. The van der Waals surface area contributed by atoms with Gasteiger partial charge in [0.2, 0.25) is 0 Å². The number of benzene rings is 2. The molecule has 0 saturated carbocycles. The number of carbonyl (C=O) groups excluding carboxylic acids is 2. The zero-order valence-electron chi connectivity index (χ0n) is 20.7. The summed E-state index contributed by atoms with van der Waals surface area (Å²) in [7, 11) is 0. The third-order valence-electron chi connectivity index (χ3n) is 5.95. The Morgan fingerprint density at radius 3 is 2.53 bits per heavy atom. The van der Waals surface area contributed by atoms with E-state index in [9.17, 15) is 9.59 Å². The third kappa shape index (κ3) is 6.40. The first kappa shape index (κ1) is 26.1. The number of ether oxygens (including phenoxy) is 3. The molecule has 4 rings (SSSR count). The minimum Gasteiger partial charge on any atom is -0.491 e. The van der Waals surface area contributed by atoms with Gasteiger partial charge in [0, 0.05) is 44.2 Å². The Labute approximate surface area is 218 Å². The highest BCUT2D eigenvalue weighted by molar-refractivity contribution is 9.10. The minimum absolute atomic E-state index is 0.154. The highest BCUT2D eigenvalue weighted by Crippen LogP contribution is 2.39. The van der Waals surface area contributed by atoms with Crippen LogP contribution in [0.15, 0.2) is 40.9 Å². The normalized spacial score (nSPS) is 17.6. The van der Waals surface area contributed by atoms with E-state index in [0.29, 0.717) is 47.7 Å². The number of alkyl carbamates (subject to hydrolysis) is 1. The summed E-state index contributed by atoms with van der Waals surface area (Å²) in [4.78, 5) is 28.2. The molecule has 2 heterocycles. The zero-order valence-corrected chi connectivity index (χ0v) is 22.3. The number of hydrogen-bond donors (Lipinski definition) is 1. The van der Waals surface area contributed by atoms with E-state index in [-0.39, 0.29) is 25.7 Å². The van der Waals surface area contributed by atoms with Gasteiger partial charge in [-0.3, -0.25) is 0 Å². The van der Waals surface area contributed by atoms with E-state index in [0.717, 1.165) is 5.56 Å². The van der Waals surface area contributed by atoms with Crippen LogP contribution in [0.2, 0.25) is 0 Å². The van der Waals surface area contributed by atoms with Crippen LogP contribution in [-0.2, 0) is 22.5 Å². The number of fused-ring (bicyclic) bond motifs is 1. The number of carbonyl (C=O) groups is 2. The molecule has 36 heavy (non-hydrogen) atoms. The van der Waals surface area contributed by atoms with Gasteiger partial charge in [0.05, 0.1) is 16.2 Å². The Kier molecular flexibility index (Phi) is 7.92. The standard InChI is InChI=1S/C26H31BrFN3O5/c1-26(2,3)36-25(33)31-11-9-30(10-12-31)20-14-21-19(23(28)22(20)27)13-18(16-34-21)29-24(32)35-15-17-7-5-4-6-8-17/h4-8,14,18H,9-13,15-16H2,1-3H3,(H,29,32)/t18-/m1/s1. The summed E-state index contributed by atoms with van der Waals surface area (Å²) in [6, 6.07) is 10.8. The van der Waals surface area contributed by atoms with Gasteiger partial charge in [0.15, 0.2) is 0 Å². The molecule has 1 saturated heterocycles. The molecule has 1 atom stereocenters. The molecule has 1 N–H and O–H groups in total. The molecule has 2 aromatic rings. The fraction of sp³-hybridized carbons (Fsp3) is 0.462. The number of piperazine rings is 1. The molecule has 0 unspecified atom stereocenters. The number of hydrogen-bond acceptors (Lipinski definition) is 6. The second-order valence-corrected chi connectivity index (χ2v) is 10.7. The van der Waals surface area contributed by atoms with Crippen molar-refractivity contribution in [3.05, 3.63) is 57.8 Å². The number of amides is 2. The predicted octanol–water partition coefficient (Wildman–Crippen LogP) is 4.88. The molecule has 0 aromatic heterocycles. The molecule has 0 bridgehead atoms. The molecule has 194 valence electrons. The van der Waals surface area contributed by atoms with E-state index in [2.05, 4.69) is 21.2 Å². The zero-order chi connectivity index (χ0) is 25.9. The van der Waals surface area contributed by atoms with Gasteiger partial charge in [-0.2, -0.15) is 0 Å². The molecular formula is C26H31BrFN3O5. The van der Waals surface area contributed by atoms with Crippen molar-refractivity contribution in [1.82, 2.24) is 10.2 Å². The first-order valence-electron chi connectivity index (χ1n) is 11.9. The molecule has 2 amide bonds. The van der Waals surface area contributed by atoms with E-state index < -0.39 is 23.6 Å². The van der Waals surface area contributed by atoms with Gasteiger partial charge in [-0.05, 0) is 42.3 Å². The number of nitrogens with one attached hydrogen (secondary N) is 1. The van der Waals surface area contributed by atoms with E-state index in [1.54, 1.807) is 4.90 Å². The number of rotatable bonds is 4. The van der Waals surface area contributed by atoms with Crippen LogP contribution in [-0.4, -0.2) is 61.5 Å². The Morgan fingerprint density at radius 2 is 1.86 bits per heavy atom. The summed E-state index contributed by atoms with van der Waals surface area (Å²) in [5.74, 6) is 0.0391. The molecule has 2 aromatic carbocycles. The van der Waals surface area contributed by atoms with Crippen LogP contribution in [0.25, 0.3) is 0 Å². The third-order valence-corrected chi connectivity index (χ3v) is 6.70. The molecule has 0 spiro atoms. The van der Waals surface area contributed by atoms with Gasteiger partial charge >= 0.3 is 12.2 Å². The summed E-state index contributed by atoms with van der Waals surface area (Å²) in [6.45, 7) is 7.88. The summed E-state index contributed by atoms with van der Waals surface area (Å²) in [6.07, 6.45) is -0.635. The van der Waals surface area contributed by atoms with Crippen molar-refractivity contribution in [3.8, 4) is 5.75 Å². The van der Waals surface area contributed by atoms with Crippen molar-refractivity contribution < 1.29 is 28.2 Å². The predicted molar refractivity (Wildman–Crippen MR) is 137 cm³/mol. The Hall–Kier alpha value is -3.01. The lowest BCUT2D eigenvalue weighted by Gasteiger charge is -2.37. The molecule has 8 nitrogen and oxygen atoms in total. The summed E-state index contributed by atoms with van der Waals surface area (Å²) in [5, 5.41) is 2.76. The van der Waals surface area contributed by atoms with E-state index >= 15 is 4.39 Å². The molecule has 10 heteroatoms.